The molecule has 5 heteroatoms. The molecule has 0 amide bonds. The quantitative estimate of drug-likeness (QED) is 0.581. The molecule has 0 aliphatic carbocycles. The number of anilines is 1. The normalized spacial score (nSPS) is 10.7. The van der Waals surface area contributed by atoms with Gasteiger partial charge in [-0.25, -0.2) is 0 Å². The van der Waals surface area contributed by atoms with Gasteiger partial charge in [-0.1, -0.05) is 6.92 Å². The number of ether oxygens (including phenoxy) is 1. The summed E-state index contributed by atoms with van der Waals surface area (Å²) in [6.45, 7) is 7.83. The molecule has 0 saturated heterocycles. The highest BCUT2D eigenvalue weighted by molar-refractivity contribution is 7.71. The van der Waals surface area contributed by atoms with Gasteiger partial charge in [-0.05, 0) is 43.8 Å². The molecule has 1 aromatic carbocycles. The van der Waals surface area contributed by atoms with E-state index in [1.165, 1.54) is 6.92 Å². The Kier molecular flexibility index (Phi) is 5.55. The van der Waals surface area contributed by atoms with Gasteiger partial charge in [-0.2, -0.15) is 0 Å². The topological polar surface area (TPSA) is 42.7 Å². The fraction of sp³-hybridized carbons (Fsp3) is 0.412. The van der Waals surface area contributed by atoms with Gasteiger partial charge in [0, 0.05) is 42.7 Å². The van der Waals surface area contributed by atoms with E-state index in [4.69, 9.17) is 21.4 Å². The van der Waals surface area contributed by atoms with Crippen LogP contribution in [-0.2, 0) is 16.1 Å². The van der Waals surface area contributed by atoms with E-state index in [0.29, 0.717) is 4.71 Å². The van der Waals surface area contributed by atoms with Crippen molar-refractivity contribution >= 4 is 34.8 Å². The lowest BCUT2D eigenvalue weighted by atomic mass is 10.1. The number of carbonyl (C=O) groups is 1. The summed E-state index contributed by atoms with van der Waals surface area (Å²) in [7, 11) is 0. The average molecular weight is 319 g/mol. The molecule has 0 fully saturated rings. The molecule has 2 rings (SSSR count). The van der Waals surface area contributed by atoms with E-state index in [2.05, 4.69) is 24.8 Å². The smallest absolute Gasteiger partial charge is 0.302 e. The summed E-state index contributed by atoms with van der Waals surface area (Å²) < 4.78 is 11.2. The third kappa shape index (κ3) is 3.85. The molecule has 0 unspecified atom stereocenters. The zero-order chi connectivity index (χ0) is 16.1. The highest BCUT2D eigenvalue weighted by Gasteiger charge is 2.09. The molecule has 2 aromatic rings. The van der Waals surface area contributed by atoms with Crippen molar-refractivity contribution in [2.24, 2.45) is 0 Å². The van der Waals surface area contributed by atoms with Gasteiger partial charge in [0.2, 0.25) is 0 Å². The molecule has 0 N–H and O–H groups in total. The van der Waals surface area contributed by atoms with Crippen LogP contribution < -0.4 is 4.90 Å². The molecule has 0 bridgehead atoms. The number of rotatable bonds is 6. The molecular formula is C17H21NO3S. The van der Waals surface area contributed by atoms with Gasteiger partial charge >= 0.3 is 5.97 Å². The minimum Gasteiger partial charge on any atom is -0.461 e. The van der Waals surface area contributed by atoms with Crippen molar-refractivity contribution in [2.45, 2.75) is 33.8 Å². The third-order valence-electron chi connectivity index (χ3n) is 3.49. The molecule has 118 valence electrons. The summed E-state index contributed by atoms with van der Waals surface area (Å²) in [6.07, 6.45) is 1.09. The lowest BCUT2D eigenvalue weighted by molar-refractivity contribution is -0.142. The van der Waals surface area contributed by atoms with E-state index in [1.54, 1.807) is 6.07 Å². The summed E-state index contributed by atoms with van der Waals surface area (Å²) in [6, 6.07) is 7.81. The van der Waals surface area contributed by atoms with E-state index in [1.807, 2.05) is 12.1 Å². The minimum absolute atomic E-state index is 0.206. The summed E-state index contributed by atoms with van der Waals surface area (Å²) in [4.78, 5) is 13.3. The second-order valence-electron chi connectivity index (χ2n) is 5.13. The number of benzene rings is 1. The van der Waals surface area contributed by atoms with E-state index >= 15 is 0 Å². The second-order valence-corrected chi connectivity index (χ2v) is 5.53. The molecule has 0 radical (unpaired) electrons. The van der Waals surface area contributed by atoms with E-state index in [-0.39, 0.29) is 12.6 Å². The fourth-order valence-electron chi connectivity index (χ4n) is 2.45. The zero-order valence-corrected chi connectivity index (χ0v) is 14.0. The third-order valence-corrected chi connectivity index (χ3v) is 3.69. The van der Waals surface area contributed by atoms with Gasteiger partial charge in [0.25, 0.3) is 0 Å². The largest absolute Gasteiger partial charge is 0.461 e. The first kappa shape index (κ1) is 16.5. The maximum Gasteiger partial charge on any atom is 0.302 e. The van der Waals surface area contributed by atoms with Crippen molar-refractivity contribution in [3.63, 3.8) is 0 Å². The average Bonchev–Trinajstić information content (AvgIpc) is 2.49. The van der Waals surface area contributed by atoms with Crippen molar-refractivity contribution in [3.8, 4) is 0 Å². The number of hydrogen-bond acceptors (Lipinski definition) is 5. The predicted molar refractivity (Wildman–Crippen MR) is 90.7 cm³/mol. The molecule has 4 nitrogen and oxygen atoms in total. The maximum atomic E-state index is 11.0. The Hall–Kier alpha value is -1.88. The van der Waals surface area contributed by atoms with Crippen LogP contribution in [0.15, 0.2) is 28.7 Å². The fourth-order valence-corrected chi connectivity index (χ4v) is 2.69. The molecule has 1 aromatic heterocycles. The molecule has 0 aliphatic heterocycles. The van der Waals surface area contributed by atoms with Gasteiger partial charge < -0.3 is 14.1 Å². The summed E-state index contributed by atoms with van der Waals surface area (Å²) in [5.74, 6) is -0.309. The van der Waals surface area contributed by atoms with Gasteiger partial charge in [-0.3, -0.25) is 4.79 Å². The highest BCUT2D eigenvalue weighted by atomic mass is 32.1. The van der Waals surface area contributed by atoms with Crippen molar-refractivity contribution in [2.75, 3.05) is 18.0 Å². The molecular weight excluding hydrogens is 298 g/mol. The predicted octanol–water partition coefficient (Wildman–Crippen LogP) is 4.46. The first-order valence-corrected chi connectivity index (χ1v) is 7.91. The zero-order valence-electron chi connectivity index (χ0n) is 13.2. The molecule has 1 heterocycles. The van der Waals surface area contributed by atoms with Crippen molar-refractivity contribution < 1.29 is 13.9 Å². The summed E-state index contributed by atoms with van der Waals surface area (Å²) in [5, 5.41) is 0.922. The summed E-state index contributed by atoms with van der Waals surface area (Å²) >= 11 is 5.17. The van der Waals surface area contributed by atoms with Crippen LogP contribution in [0.1, 0.15) is 32.8 Å². The maximum absolute atomic E-state index is 11.0. The van der Waals surface area contributed by atoms with Gasteiger partial charge in [0.15, 0.2) is 4.71 Å². The SMILES string of the molecule is CCCN(CC)c1ccc2c(COC(C)=O)cc(=S)oc2c1. The first-order chi connectivity index (χ1) is 10.5. The molecule has 22 heavy (non-hydrogen) atoms. The minimum atomic E-state index is -0.309. The van der Waals surface area contributed by atoms with Crippen molar-refractivity contribution in [3.05, 3.63) is 34.5 Å². The molecule has 0 spiro atoms. The Morgan fingerprint density at radius 1 is 1.32 bits per heavy atom. The Morgan fingerprint density at radius 3 is 2.73 bits per heavy atom. The van der Waals surface area contributed by atoms with Crippen molar-refractivity contribution in [1.82, 2.24) is 0 Å². The van der Waals surface area contributed by atoms with Gasteiger partial charge in [0.1, 0.15) is 12.2 Å². The number of fused-ring (bicyclic) bond motifs is 1. The monoisotopic (exact) mass is 319 g/mol. The number of esters is 1. The number of carbonyl (C=O) groups excluding carboxylic acids is 1. The Balaban J connectivity index is 2.44. The van der Waals surface area contributed by atoms with E-state index in [0.717, 1.165) is 41.7 Å². The van der Waals surface area contributed by atoms with Crippen LogP contribution in [0, 0.1) is 4.71 Å². The standard InChI is InChI=1S/C17H21NO3S/c1-4-8-18(5-2)14-6-7-15-13(11-20-12(3)19)9-17(22)21-16(15)10-14/h6-7,9-10H,4-5,8,11H2,1-3H3. The van der Waals surface area contributed by atoms with E-state index < -0.39 is 0 Å². The Labute approximate surface area is 135 Å². The van der Waals surface area contributed by atoms with Crippen LogP contribution in [0.5, 0.6) is 0 Å². The van der Waals surface area contributed by atoms with Crippen LogP contribution in [0.2, 0.25) is 0 Å². The first-order valence-electron chi connectivity index (χ1n) is 7.50. The molecule has 0 aliphatic rings. The van der Waals surface area contributed by atoms with Crippen molar-refractivity contribution in [1.29, 1.82) is 0 Å². The van der Waals surface area contributed by atoms with Crippen LogP contribution >= 0.6 is 12.2 Å². The highest BCUT2D eigenvalue weighted by Crippen LogP contribution is 2.26. The molecule has 0 saturated carbocycles. The Bertz CT molecular complexity index is 723. The van der Waals surface area contributed by atoms with Gasteiger partial charge in [0.05, 0.1) is 0 Å². The van der Waals surface area contributed by atoms with E-state index in [9.17, 15) is 4.79 Å². The number of nitrogens with zero attached hydrogens (tertiary/aromatic N) is 1. The van der Waals surface area contributed by atoms with Crippen LogP contribution in [-0.4, -0.2) is 19.1 Å². The number of hydrogen-bond donors (Lipinski definition) is 0. The lowest BCUT2D eigenvalue weighted by Gasteiger charge is -2.22. The van der Waals surface area contributed by atoms with Crippen LogP contribution in [0.25, 0.3) is 11.0 Å². The summed E-state index contributed by atoms with van der Waals surface area (Å²) in [5.41, 5.74) is 2.70. The van der Waals surface area contributed by atoms with Crippen LogP contribution in [0.3, 0.4) is 0 Å². The Morgan fingerprint density at radius 2 is 2.09 bits per heavy atom. The lowest BCUT2D eigenvalue weighted by Crippen LogP contribution is -2.23. The second kappa shape index (κ2) is 7.40. The molecule has 0 atom stereocenters. The van der Waals surface area contributed by atoms with Gasteiger partial charge in [-0.15, -0.1) is 0 Å². The van der Waals surface area contributed by atoms with Crippen LogP contribution in [0.4, 0.5) is 5.69 Å².